The third kappa shape index (κ3) is 5.90. The largest absolute Gasteiger partial charge is 0.381 e. The number of hydrogen-bond acceptors (Lipinski definition) is 3. The normalized spacial score (nSPS) is 17.9. The van der Waals surface area contributed by atoms with E-state index in [4.69, 9.17) is 9.47 Å². The van der Waals surface area contributed by atoms with Gasteiger partial charge in [0.25, 0.3) is 0 Å². The van der Waals surface area contributed by atoms with Crippen LogP contribution in [0.5, 0.6) is 0 Å². The Hall–Kier alpha value is -0.410. The van der Waals surface area contributed by atoms with Crippen molar-refractivity contribution >= 4 is 5.78 Å². The van der Waals surface area contributed by atoms with Crippen LogP contribution in [0.15, 0.2) is 0 Å². The number of carbonyl (C=O) groups is 1. The Labute approximate surface area is 92.1 Å². The number of methoxy groups -OCH3 is 1. The first-order valence-electron chi connectivity index (χ1n) is 5.91. The van der Waals surface area contributed by atoms with E-state index in [0.29, 0.717) is 13.0 Å². The summed E-state index contributed by atoms with van der Waals surface area (Å²) in [6.07, 6.45) is 7.15. The van der Waals surface area contributed by atoms with Gasteiger partial charge in [-0.2, -0.15) is 0 Å². The molecule has 1 saturated carbocycles. The zero-order chi connectivity index (χ0) is 10.9. The fraction of sp³-hybridized carbons (Fsp3) is 0.917. The summed E-state index contributed by atoms with van der Waals surface area (Å²) in [5.41, 5.74) is 0. The summed E-state index contributed by atoms with van der Waals surface area (Å²) < 4.78 is 10.3. The van der Waals surface area contributed by atoms with Gasteiger partial charge in [-0.1, -0.05) is 19.3 Å². The van der Waals surface area contributed by atoms with Crippen molar-refractivity contribution < 1.29 is 14.3 Å². The fourth-order valence-corrected chi connectivity index (χ4v) is 2.02. The van der Waals surface area contributed by atoms with Crippen molar-refractivity contribution in [2.45, 2.75) is 38.5 Å². The minimum absolute atomic E-state index is 0.126. The number of ketones is 1. The van der Waals surface area contributed by atoms with E-state index in [1.165, 1.54) is 32.1 Å². The zero-order valence-corrected chi connectivity index (χ0v) is 9.67. The van der Waals surface area contributed by atoms with Crippen LogP contribution in [0.3, 0.4) is 0 Å². The van der Waals surface area contributed by atoms with Crippen LogP contribution in [0.2, 0.25) is 0 Å². The predicted octanol–water partition coefficient (Wildman–Crippen LogP) is 2.19. The van der Waals surface area contributed by atoms with Gasteiger partial charge in [-0.3, -0.25) is 4.79 Å². The summed E-state index contributed by atoms with van der Waals surface area (Å²) in [5.74, 6) is 0.859. The van der Waals surface area contributed by atoms with Crippen molar-refractivity contribution in [2.75, 3.05) is 26.9 Å². The maximum Gasteiger partial charge on any atom is 0.160 e. The molecule has 0 aliphatic heterocycles. The Bertz CT molecular complexity index is 174. The molecule has 0 saturated heterocycles. The highest BCUT2D eigenvalue weighted by molar-refractivity contribution is 5.79. The Morgan fingerprint density at radius 3 is 2.67 bits per heavy atom. The van der Waals surface area contributed by atoms with E-state index >= 15 is 0 Å². The van der Waals surface area contributed by atoms with Gasteiger partial charge < -0.3 is 9.47 Å². The lowest BCUT2D eigenvalue weighted by Crippen LogP contribution is -2.16. The molecule has 0 radical (unpaired) electrons. The second-order valence-electron chi connectivity index (χ2n) is 4.30. The lowest BCUT2D eigenvalue weighted by Gasteiger charge is -2.21. The van der Waals surface area contributed by atoms with Gasteiger partial charge in [0, 0.05) is 20.1 Å². The first-order valence-corrected chi connectivity index (χ1v) is 5.91. The molecule has 0 aromatic carbocycles. The minimum atomic E-state index is 0.126. The molecule has 0 N–H and O–H groups in total. The number of ether oxygens (including phenoxy) is 2. The second kappa shape index (κ2) is 7.83. The van der Waals surface area contributed by atoms with Crippen LogP contribution in [-0.2, 0) is 14.3 Å². The van der Waals surface area contributed by atoms with Crippen LogP contribution >= 0.6 is 0 Å². The Kier molecular flexibility index (Phi) is 6.60. The molecule has 0 unspecified atom stereocenters. The summed E-state index contributed by atoms with van der Waals surface area (Å²) in [6.45, 7) is 1.60. The molecule has 0 spiro atoms. The number of Topliss-reactive ketones (excluding diaryl/α,β-unsaturated/α-hetero) is 1. The van der Waals surface area contributed by atoms with E-state index in [1.54, 1.807) is 7.11 Å². The van der Waals surface area contributed by atoms with Gasteiger partial charge in [0.15, 0.2) is 5.78 Å². The predicted molar refractivity (Wildman–Crippen MR) is 58.9 cm³/mol. The van der Waals surface area contributed by atoms with E-state index in [-0.39, 0.29) is 12.4 Å². The highest BCUT2D eigenvalue weighted by Crippen LogP contribution is 2.23. The molecule has 88 valence electrons. The molecule has 3 heteroatoms. The summed E-state index contributed by atoms with van der Waals surface area (Å²) in [5, 5.41) is 0. The van der Waals surface area contributed by atoms with Crippen molar-refractivity contribution in [3.63, 3.8) is 0 Å². The minimum Gasteiger partial charge on any atom is -0.381 e. The highest BCUT2D eigenvalue weighted by atomic mass is 16.5. The molecule has 1 rings (SSSR count). The van der Waals surface area contributed by atoms with Crippen LogP contribution in [0.1, 0.15) is 38.5 Å². The summed E-state index contributed by atoms with van der Waals surface area (Å²) >= 11 is 0. The van der Waals surface area contributed by atoms with Crippen molar-refractivity contribution in [1.82, 2.24) is 0 Å². The fourth-order valence-electron chi connectivity index (χ4n) is 2.02. The summed E-state index contributed by atoms with van der Waals surface area (Å²) in [6, 6.07) is 0. The number of rotatable bonds is 7. The smallest absolute Gasteiger partial charge is 0.160 e. The maximum atomic E-state index is 11.1. The SMILES string of the molecule is COCC(=O)CCOCC1CCCCC1. The van der Waals surface area contributed by atoms with Crippen LogP contribution in [0.4, 0.5) is 0 Å². The van der Waals surface area contributed by atoms with Crippen LogP contribution in [0.25, 0.3) is 0 Å². The van der Waals surface area contributed by atoms with Crippen molar-refractivity contribution in [3.05, 3.63) is 0 Å². The molecule has 1 fully saturated rings. The molecule has 1 aliphatic rings. The summed E-state index contributed by atoms with van der Waals surface area (Å²) in [4.78, 5) is 11.1. The monoisotopic (exact) mass is 214 g/mol. The van der Waals surface area contributed by atoms with Gasteiger partial charge in [0.2, 0.25) is 0 Å². The van der Waals surface area contributed by atoms with E-state index in [0.717, 1.165) is 12.5 Å². The highest BCUT2D eigenvalue weighted by Gasteiger charge is 2.13. The Morgan fingerprint density at radius 2 is 2.00 bits per heavy atom. The first-order chi connectivity index (χ1) is 7.33. The van der Waals surface area contributed by atoms with E-state index in [9.17, 15) is 4.79 Å². The van der Waals surface area contributed by atoms with Gasteiger partial charge in [-0.25, -0.2) is 0 Å². The maximum absolute atomic E-state index is 11.1. The Morgan fingerprint density at radius 1 is 1.27 bits per heavy atom. The van der Waals surface area contributed by atoms with Gasteiger partial charge in [-0.05, 0) is 18.8 Å². The number of carbonyl (C=O) groups excluding carboxylic acids is 1. The molecule has 3 nitrogen and oxygen atoms in total. The second-order valence-corrected chi connectivity index (χ2v) is 4.30. The standard InChI is InChI=1S/C12H22O3/c1-14-10-12(13)7-8-15-9-11-5-3-2-4-6-11/h11H,2-10H2,1H3. The van der Waals surface area contributed by atoms with E-state index in [1.807, 2.05) is 0 Å². The average molecular weight is 214 g/mol. The molecule has 15 heavy (non-hydrogen) atoms. The van der Waals surface area contributed by atoms with Crippen molar-refractivity contribution in [3.8, 4) is 0 Å². The van der Waals surface area contributed by atoms with E-state index < -0.39 is 0 Å². The average Bonchev–Trinajstić information content (AvgIpc) is 2.26. The quantitative estimate of drug-likeness (QED) is 0.609. The molecule has 1 aliphatic carbocycles. The molecule has 0 bridgehead atoms. The molecule has 0 aromatic heterocycles. The van der Waals surface area contributed by atoms with E-state index in [2.05, 4.69) is 0 Å². The van der Waals surface area contributed by atoms with Crippen molar-refractivity contribution in [2.24, 2.45) is 5.92 Å². The van der Waals surface area contributed by atoms with Crippen LogP contribution < -0.4 is 0 Å². The van der Waals surface area contributed by atoms with Crippen molar-refractivity contribution in [1.29, 1.82) is 0 Å². The number of hydrogen-bond donors (Lipinski definition) is 0. The Balaban J connectivity index is 1.93. The molecule has 0 atom stereocenters. The molecule has 0 amide bonds. The third-order valence-corrected chi connectivity index (χ3v) is 2.91. The van der Waals surface area contributed by atoms with Gasteiger partial charge >= 0.3 is 0 Å². The van der Waals surface area contributed by atoms with Crippen LogP contribution in [0, 0.1) is 5.92 Å². The van der Waals surface area contributed by atoms with Gasteiger partial charge in [-0.15, -0.1) is 0 Å². The lowest BCUT2D eigenvalue weighted by atomic mass is 9.90. The molecule has 0 aromatic rings. The van der Waals surface area contributed by atoms with Gasteiger partial charge in [0.1, 0.15) is 6.61 Å². The van der Waals surface area contributed by atoms with Gasteiger partial charge in [0.05, 0.1) is 6.61 Å². The van der Waals surface area contributed by atoms with Crippen LogP contribution in [-0.4, -0.2) is 32.7 Å². The summed E-state index contributed by atoms with van der Waals surface area (Å²) in [7, 11) is 1.54. The molecular formula is C12H22O3. The molecule has 0 heterocycles. The third-order valence-electron chi connectivity index (χ3n) is 2.91. The topological polar surface area (TPSA) is 35.5 Å². The zero-order valence-electron chi connectivity index (χ0n) is 9.67. The first kappa shape index (κ1) is 12.7. The lowest BCUT2D eigenvalue weighted by molar-refractivity contribution is -0.123. The molecular weight excluding hydrogens is 192 g/mol.